The molecule has 0 aromatic heterocycles. The van der Waals surface area contributed by atoms with Crippen LogP contribution in [0.25, 0.3) is 0 Å². The van der Waals surface area contributed by atoms with Crippen molar-refractivity contribution in [2.24, 2.45) is 0 Å². The van der Waals surface area contributed by atoms with E-state index in [1.807, 2.05) is 0 Å². The Bertz CT molecular complexity index is 418. The Morgan fingerprint density at radius 3 is 2.00 bits per heavy atom. The van der Waals surface area contributed by atoms with Gasteiger partial charge in [-0.3, -0.25) is 0 Å². The molecule has 2 N–H and O–H groups in total. The Kier molecular flexibility index (Phi) is 3.52. The van der Waals surface area contributed by atoms with Gasteiger partial charge < -0.3 is 5.73 Å². The molecule has 1 rings (SSSR count). The van der Waals surface area contributed by atoms with E-state index < -0.39 is 28.9 Å². The summed E-state index contributed by atoms with van der Waals surface area (Å²) in [6.45, 7) is 0. The molecule has 0 aliphatic rings. The van der Waals surface area contributed by atoms with Crippen LogP contribution in [-0.2, 0) is 5.67 Å². The normalized spacial score (nSPS) is 16.0. The molecular formula is C9H6ClF6N. The van der Waals surface area contributed by atoms with Gasteiger partial charge in [-0.05, 0) is 12.1 Å². The van der Waals surface area contributed by atoms with E-state index >= 15 is 0 Å². The molecule has 0 bridgehead atoms. The average Bonchev–Trinajstić information content (AvgIpc) is 2.14. The van der Waals surface area contributed by atoms with Crippen molar-refractivity contribution in [1.29, 1.82) is 0 Å². The fraction of sp³-hybridized carbons (Fsp3) is 0.333. The lowest BCUT2D eigenvalue weighted by molar-refractivity contribution is -0.274. The van der Waals surface area contributed by atoms with Crippen LogP contribution in [0.3, 0.4) is 0 Å². The monoisotopic (exact) mass is 277 g/mol. The van der Waals surface area contributed by atoms with Crippen LogP contribution < -0.4 is 5.73 Å². The summed E-state index contributed by atoms with van der Waals surface area (Å²) in [5, 5.41) is -0.801. The highest BCUT2D eigenvalue weighted by Crippen LogP contribution is 2.49. The Morgan fingerprint density at radius 1 is 1.12 bits per heavy atom. The largest absolute Gasteiger partial charge is 0.432 e. The smallest absolute Gasteiger partial charge is 0.399 e. The Labute approximate surface area is 97.2 Å². The molecule has 1 aromatic rings. The molecule has 1 aromatic carbocycles. The van der Waals surface area contributed by atoms with Gasteiger partial charge in [0.05, 0.1) is 0 Å². The maximum atomic E-state index is 13.5. The van der Waals surface area contributed by atoms with Crippen molar-refractivity contribution in [2.75, 3.05) is 5.73 Å². The van der Waals surface area contributed by atoms with Crippen molar-refractivity contribution in [1.82, 2.24) is 0 Å². The van der Waals surface area contributed by atoms with Crippen molar-refractivity contribution in [3.8, 4) is 0 Å². The van der Waals surface area contributed by atoms with Crippen LogP contribution in [0.15, 0.2) is 18.2 Å². The van der Waals surface area contributed by atoms with Gasteiger partial charge in [-0.25, -0.2) is 13.2 Å². The van der Waals surface area contributed by atoms with E-state index in [0.29, 0.717) is 6.07 Å². The van der Waals surface area contributed by atoms with Crippen molar-refractivity contribution in [3.05, 3.63) is 28.8 Å². The van der Waals surface area contributed by atoms with Crippen molar-refractivity contribution in [3.63, 3.8) is 0 Å². The molecule has 0 aliphatic heterocycles. The number of halogens is 7. The zero-order valence-corrected chi connectivity index (χ0v) is 8.79. The molecule has 0 spiro atoms. The number of nitrogens with two attached hydrogens (primary N) is 1. The average molecular weight is 278 g/mol. The van der Waals surface area contributed by atoms with E-state index in [2.05, 4.69) is 0 Å². The Balaban J connectivity index is 3.44. The fourth-order valence-electron chi connectivity index (χ4n) is 1.22. The highest BCUT2D eigenvalue weighted by atomic mass is 35.5. The quantitative estimate of drug-likeness (QED) is 0.643. The predicted molar refractivity (Wildman–Crippen MR) is 50.7 cm³/mol. The molecule has 0 fully saturated rings. The van der Waals surface area contributed by atoms with Gasteiger partial charge in [0.1, 0.15) is 0 Å². The molecule has 0 saturated carbocycles. The molecule has 0 heterocycles. The lowest BCUT2D eigenvalue weighted by Gasteiger charge is -2.28. The minimum atomic E-state index is -5.78. The Hall–Kier alpha value is -1.11. The summed E-state index contributed by atoms with van der Waals surface area (Å²) in [4.78, 5) is 0. The van der Waals surface area contributed by atoms with E-state index in [9.17, 15) is 26.3 Å². The zero-order chi connectivity index (χ0) is 13.4. The van der Waals surface area contributed by atoms with E-state index in [1.54, 1.807) is 0 Å². The summed E-state index contributed by atoms with van der Waals surface area (Å²) in [7, 11) is 0. The SMILES string of the molecule is Nc1ccc(C(F)(C(F)F)C(F)(F)F)c(Cl)c1. The van der Waals surface area contributed by atoms with Gasteiger partial charge in [0, 0.05) is 16.3 Å². The van der Waals surface area contributed by atoms with Gasteiger partial charge in [0.25, 0.3) is 12.1 Å². The van der Waals surface area contributed by atoms with Crippen LogP contribution in [-0.4, -0.2) is 12.6 Å². The van der Waals surface area contributed by atoms with Gasteiger partial charge in [-0.15, -0.1) is 0 Å². The number of rotatable bonds is 2. The first-order valence-electron chi connectivity index (χ1n) is 4.20. The van der Waals surface area contributed by atoms with Crippen molar-refractivity contribution < 1.29 is 26.3 Å². The molecule has 0 saturated heterocycles. The lowest BCUT2D eigenvalue weighted by atomic mass is 9.95. The summed E-state index contributed by atoms with van der Waals surface area (Å²) < 4.78 is 75.4. The van der Waals surface area contributed by atoms with Crippen LogP contribution in [0.5, 0.6) is 0 Å². The van der Waals surface area contributed by atoms with E-state index in [-0.39, 0.29) is 5.69 Å². The molecule has 0 aliphatic carbocycles. The summed E-state index contributed by atoms with van der Waals surface area (Å²) >= 11 is 5.31. The molecule has 1 atom stereocenters. The summed E-state index contributed by atoms with van der Waals surface area (Å²) in [5.74, 6) is 0. The first kappa shape index (κ1) is 14.0. The summed E-state index contributed by atoms with van der Waals surface area (Å²) in [6, 6.07) is 2.14. The van der Waals surface area contributed by atoms with Gasteiger partial charge in [-0.2, -0.15) is 13.2 Å². The zero-order valence-electron chi connectivity index (χ0n) is 8.03. The minimum absolute atomic E-state index is 0.0578. The first-order chi connectivity index (χ1) is 7.60. The second kappa shape index (κ2) is 4.29. The summed E-state index contributed by atoms with van der Waals surface area (Å²) in [5.41, 5.74) is -1.04. The number of benzene rings is 1. The second-order valence-electron chi connectivity index (χ2n) is 3.25. The van der Waals surface area contributed by atoms with E-state index in [1.165, 1.54) is 0 Å². The number of hydrogen-bond donors (Lipinski definition) is 1. The third-order valence-electron chi connectivity index (χ3n) is 2.10. The number of anilines is 1. The van der Waals surface area contributed by atoms with E-state index in [4.69, 9.17) is 17.3 Å². The second-order valence-corrected chi connectivity index (χ2v) is 3.66. The molecule has 17 heavy (non-hydrogen) atoms. The van der Waals surface area contributed by atoms with Crippen LogP contribution in [0.1, 0.15) is 5.56 Å². The predicted octanol–water partition coefficient (Wildman–Crippen LogP) is 3.91. The maximum absolute atomic E-state index is 13.5. The van der Waals surface area contributed by atoms with Gasteiger partial charge >= 0.3 is 6.18 Å². The van der Waals surface area contributed by atoms with E-state index in [0.717, 1.165) is 12.1 Å². The Morgan fingerprint density at radius 2 is 1.65 bits per heavy atom. The lowest BCUT2D eigenvalue weighted by Crippen LogP contribution is -2.44. The molecule has 1 unspecified atom stereocenters. The fourth-order valence-corrected chi connectivity index (χ4v) is 1.55. The molecule has 1 nitrogen and oxygen atoms in total. The topological polar surface area (TPSA) is 26.0 Å². The molecule has 0 radical (unpaired) electrons. The minimum Gasteiger partial charge on any atom is -0.399 e. The third kappa shape index (κ3) is 2.29. The molecule has 8 heteroatoms. The highest BCUT2D eigenvalue weighted by molar-refractivity contribution is 6.31. The first-order valence-corrected chi connectivity index (χ1v) is 4.57. The summed E-state index contributed by atoms with van der Waals surface area (Å²) in [6.07, 6.45) is -10.1. The van der Waals surface area contributed by atoms with Gasteiger partial charge in [0.15, 0.2) is 0 Å². The third-order valence-corrected chi connectivity index (χ3v) is 2.41. The van der Waals surface area contributed by atoms with Crippen molar-refractivity contribution >= 4 is 17.3 Å². The highest BCUT2D eigenvalue weighted by Gasteiger charge is 2.64. The van der Waals surface area contributed by atoms with Gasteiger partial charge in [-0.1, -0.05) is 17.7 Å². The maximum Gasteiger partial charge on any atom is 0.432 e. The number of nitrogen functional groups attached to an aromatic ring is 1. The van der Waals surface area contributed by atoms with Crippen molar-refractivity contribution in [2.45, 2.75) is 18.3 Å². The number of hydrogen-bond acceptors (Lipinski definition) is 1. The molecule has 0 amide bonds. The number of alkyl halides is 6. The van der Waals surface area contributed by atoms with Crippen LogP contribution in [0.2, 0.25) is 5.02 Å². The standard InChI is InChI=1S/C9H6ClF6N/c10-6-3-4(17)1-2-5(6)8(13,7(11)12)9(14,15)16/h1-3,7H,17H2. The molecule has 96 valence electrons. The van der Waals surface area contributed by atoms with Crippen LogP contribution in [0, 0.1) is 0 Å². The van der Waals surface area contributed by atoms with Crippen LogP contribution in [0.4, 0.5) is 32.0 Å². The van der Waals surface area contributed by atoms with Gasteiger partial charge in [0.2, 0.25) is 0 Å². The molecular weight excluding hydrogens is 272 g/mol. The van der Waals surface area contributed by atoms with Crippen LogP contribution >= 0.6 is 11.6 Å².